The molecule has 70 valence electrons. The standard InChI is InChI=1S/C4H7NO.C3H8.C2H6.H2/c6-4-2-1-3-5-4;1-3-2;1-2;/h1-3H2,(H,5,6);3H2,1-2H3;1-2H3;1H. The average Bonchev–Trinajstić information content (AvgIpc) is 2.46. The molecule has 1 rings (SSSR count). The van der Waals surface area contributed by atoms with E-state index >= 15 is 0 Å². The molecule has 1 fully saturated rings. The Hall–Kier alpha value is -0.530. The van der Waals surface area contributed by atoms with Gasteiger partial charge < -0.3 is 5.32 Å². The van der Waals surface area contributed by atoms with Crippen LogP contribution < -0.4 is 5.32 Å². The number of rotatable bonds is 0. The second-order valence-corrected chi connectivity index (χ2v) is 2.16. The first-order valence-corrected chi connectivity index (χ1v) is 4.58. The van der Waals surface area contributed by atoms with Crippen molar-refractivity contribution in [3.05, 3.63) is 0 Å². The third-order valence-corrected chi connectivity index (χ3v) is 0.903. The van der Waals surface area contributed by atoms with Gasteiger partial charge in [0.2, 0.25) is 5.91 Å². The van der Waals surface area contributed by atoms with Crippen molar-refractivity contribution in [2.75, 3.05) is 6.54 Å². The van der Waals surface area contributed by atoms with E-state index in [1.54, 1.807) is 0 Å². The van der Waals surface area contributed by atoms with E-state index in [2.05, 4.69) is 19.2 Å². The molecule has 0 atom stereocenters. The zero-order valence-corrected chi connectivity index (χ0v) is 8.24. The van der Waals surface area contributed by atoms with Gasteiger partial charge in [0.15, 0.2) is 0 Å². The minimum absolute atomic E-state index is 0. The summed E-state index contributed by atoms with van der Waals surface area (Å²) < 4.78 is 0. The molecule has 1 aliphatic rings. The maximum absolute atomic E-state index is 10.1. The summed E-state index contributed by atoms with van der Waals surface area (Å²) in [5.41, 5.74) is 0. The molecule has 0 aromatic carbocycles. The third-order valence-electron chi connectivity index (χ3n) is 0.903. The number of hydrogen-bond donors (Lipinski definition) is 1. The molecule has 0 bridgehead atoms. The Labute approximate surface area is 71.9 Å². The van der Waals surface area contributed by atoms with E-state index in [0.29, 0.717) is 0 Å². The van der Waals surface area contributed by atoms with E-state index in [1.807, 2.05) is 13.8 Å². The highest BCUT2D eigenvalue weighted by atomic mass is 16.1. The lowest BCUT2D eigenvalue weighted by molar-refractivity contribution is -0.119. The normalized spacial score (nSPS) is 13.6. The summed E-state index contributed by atoms with van der Waals surface area (Å²) in [6.07, 6.45) is 3.01. The molecule has 0 aliphatic carbocycles. The molecule has 0 radical (unpaired) electrons. The molecular weight excluding hydrogens is 138 g/mol. The van der Waals surface area contributed by atoms with Crippen LogP contribution in [0.1, 0.15) is 48.4 Å². The molecule has 11 heavy (non-hydrogen) atoms. The molecule has 2 nitrogen and oxygen atoms in total. The summed E-state index contributed by atoms with van der Waals surface area (Å²) in [4.78, 5) is 10.1. The van der Waals surface area contributed by atoms with Crippen LogP contribution in [0.2, 0.25) is 0 Å². The van der Waals surface area contributed by atoms with Crippen LogP contribution in [-0.4, -0.2) is 12.5 Å². The van der Waals surface area contributed by atoms with Gasteiger partial charge in [-0.3, -0.25) is 4.79 Å². The highest BCUT2D eigenvalue weighted by Crippen LogP contribution is 1.93. The van der Waals surface area contributed by atoms with Crippen molar-refractivity contribution in [2.24, 2.45) is 0 Å². The van der Waals surface area contributed by atoms with Crippen LogP contribution in [0.25, 0.3) is 0 Å². The first-order valence-electron chi connectivity index (χ1n) is 4.58. The van der Waals surface area contributed by atoms with Gasteiger partial charge >= 0.3 is 0 Å². The van der Waals surface area contributed by atoms with E-state index in [4.69, 9.17) is 0 Å². The van der Waals surface area contributed by atoms with Crippen molar-refractivity contribution in [3.8, 4) is 0 Å². The van der Waals surface area contributed by atoms with Crippen molar-refractivity contribution < 1.29 is 6.22 Å². The largest absolute Gasteiger partial charge is 0.356 e. The summed E-state index contributed by atoms with van der Waals surface area (Å²) in [5, 5.41) is 2.68. The molecule has 0 aromatic rings. The number of carbonyl (C=O) groups is 1. The monoisotopic (exact) mass is 161 g/mol. The van der Waals surface area contributed by atoms with E-state index < -0.39 is 0 Å². The van der Waals surface area contributed by atoms with E-state index in [9.17, 15) is 4.79 Å². The van der Waals surface area contributed by atoms with Crippen molar-refractivity contribution in [1.29, 1.82) is 0 Å². The molecule has 0 saturated carbocycles. The Bertz CT molecular complexity index is 78.6. The SMILES string of the molecule is CC.CCC.O=C1CCCN1.[HH]. The van der Waals surface area contributed by atoms with Gasteiger partial charge in [-0.1, -0.05) is 34.1 Å². The van der Waals surface area contributed by atoms with E-state index in [-0.39, 0.29) is 7.33 Å². The lowest BCUT2D eigenvalue weighted by atomic mass is 10.4. The highest BCUT2D eigenvalue weighted by Gasteiger charge is 2.05. The lowest BCUT2D eigenvalue weighted by Gasteiger charge is -1.80. The Kier molecular flexibility index (Phi) is 14.5. The lowest BCUT2D eigenvalue weighted by Crippen LogP contribution is -2.12. The summed E-state index contributed by atoms with van der Waals surface area (Å²) in [6.45, 7) is 9.14. The summed E-state index contributed by atoms with van der Waals surface area (Å²) >= 11 is 0. The van der Waals surface area contributed by atoms with Gasteiger partial charge in [-0.15, -0.1) is 0 Å². The fourth-order valence-corrected chi connectivity index (χ4v) is 0.565. The van der Waals surface area contributed by atoms with Gasteiger partial charge in [-0.2, -0.15) is 0 Å². The number of carbonyl (C=O) groups excluding carboxylic acids is 1. The Morgan fingerprint density at radius 1 is 1.45 bits per heavy atom. The third kappa shape index (κ3) is 12.6. The topological polar surface area (TPSA) is 29.1 Å². The molecule has 0 aromatic heterocycles. The maximum atomic E-state index is 10.1. The smallest absolute Gasteiger partial charge is 0.220 e. The summed E-state index contributed by atoms with van der Waals surface area (Å²) in [5.74, 6) is 0.204. The van der Waals surface area contributed by atoms with Crippen LogP contribution in [0.5, 0.6) is 0 Å². The first kappa shape index (κ1) is 13.1. The maximum Gasteiger partial charge on any atom is 0.220 e. The zero-order chi connectivity index (χ0) is 9.11. The molecule has 1 heterocycles. The van der Waals surface area contributed by atoms with Crippen LogP contribution in [0.4, 0.5) is 0 Å². The van der Waals surface area contributed by atoms with Gasteiger partial charge in [-0.05, 0) is 6.42 Å². The van der Waals surface area contributed by atoms with Crippen molar-refractivity contribution in [1.82, 2.24) is 5.32 Å². The molecule has 0 spiro atoms. The molecule has 1 aliphatic heterocycles. The van der Waals surface area contributed by atoms with Crippen molar-refractivity contribution >= 4 is 5.91 Å². The summed E-state index contributed by atoms with van der Waals surface area (Å²) in [7, 11) is 0. The predicted molar refractivity (Wildman–Crippen MR) is 51.7 cm³/mol. The van der Waals surface area contributed by atoms with Gasteiger partial charge in [0.05, 0.1) is 0 Å². The number of hydrogen-bond acceptors (Lipinski definition) is 1. The van der Waals surface area contributed by atoms with Gasteiger partial charge in [0.1, 0.15) is 0 Å². The van der Waals surface area contributed by atoms with Gasteiger partial charge in [-0.25, -0.2) is 0 Å². The van der Waals surface area contributed by atoms with Gasteiger partial charge in [0, 0.05) is 14.4 Å². The summed E-state index contributed by atoms with van der Waals surface area (Å²) in [6, 6.07) is 0. The second-order valence-electron chi connectivity index (χ2n) is 2.16. The minimum Gasteiger partial charge on any atom is -0.356 e. The minimum atomic E-state index is 0. The molecule has 1 amide bonds. The quantitative estimate of drug-likeness (QED) is 0.581. The molecule has 0 unspecified atom stereocenters. The molecule has 2 heteroatoms. The first-order chi connectivity index (χ1) is 5.31. The Morgan fingerprint density at radius 3 is 2.00 bits per heavy atom. The van der Waals surface area contributed by atoms with Crippen LogP contribution >= 0.6 is 0 Å². The van der Waals surface area contributed by atoms with Crippen LogP contribution in [0.3, 0.4) is 0 Å². The fraction of sp³-hybridized carbons (Fsp3) is 0.889. The predicted octanol–water partition coefficient (Wildman–Crippen LogP) is 2.58. The van der Waals surface area contributed by atoms with E-state index in [1.165, 1.54) is 6.42 Å². The fourth-order valence-electron chi connectivity index (χ4n) is 0.565. The van der Waals surface area contributed by atoms with Crippen molar-refractivity contribution in [3.63, 3.8) is 0 Å². The number of nitrogens with one attached hydrogen (secondary N) is 1. The van der Waals surface area contributed by atoms with E-state index in [0.717, 1.165) is 19.4 Å². The Morgan fingerprint density at radius 2 is 1.91 bits per heavy atom. The van der Waals surface area contributed by atoms with Gasteiger partial charge in [0.25, 0.3) is 0 Å². The highest BCUT2D eigenvalue weighted by molar-refractivity contribution is 5.77. The Balaban J connectivity index is -0.000000119. The van der Waals surface area contributed by atoms with Crippen molar-refractivity contribution in [2.45, 2.75) is 47.0 Å². The molecule has 1 saturated heterocycles. The number of amides is 1. The molecule has 1 N–H and O–H groups in total. The molecular formula is C9H23NO. The zero-order valence-electron chi connectivity index (χ0n) is 8.24. The van der Waals surface area contributed by atoms with Crippen LogP contribution in [-0.2, 0) is 4.79 Å². The average molecular weight is 161 g/mol. The van der Waals surface area contributed by atoms with Crippen LogP contribution in [0.15, 0.2) is 0 Å². The second kappa shape index (κ2) is 12.2. The van der Waals surface area contributed by atoms with Crippen LogP contribution in [0, 0.1) is 0 Å².